The lowest BCUT2D eigenvalue weighted by Gasteiger charge is -2.05. The maximum Gasteiger partial charge on any atom is 0.348 e. The molecule has 0 aliphatic carbocycles. The van der Waals surface area contributed by atoms with Crippen molar-refractivity contribution >= 4 is 11.7 Å². The Bertz CT molecular complexity index is 453. The van der Waals surface area contributed by atoms with E-state index >= 15 is 0 Å². The molecular weight excluding hydrogens is 234 g/mol. The van der Waals surface area contributed by atoms with Gasteiger partial charge in [0.15, 0.2) is 0 Å². The highest BCUT2D eigenvalue weighted by Gasteiger charge is 2.28. The van der Waals surface area contributed by atoms with Crippen molar-refractivity contribution < 1.29 is 19.5 Å². The quantitative estimate of drug-likeness (QED) is 0.867. The van der Waals surface area contributed by atoms with Gasteiger partial charge in [0.2, 0.25) is 6.10 Å². The van der Waals surface area contributed by atoms with E-state index in [-0.39, 0.29) is 0 Å². The fraction of sp³-hybridized carbons (Fsp3) is 0.385. The first-order chi connectivity index (χ1) is 8.70. The largest absolute Gasteiger partial charge is 0.494 e. The lowest BCUT2D eigenvalue weighted by molar-refractivity contribution is -0.148. The summed E-state index contributed by atoms with van der Waals surface area (Å²) < 4.78 is 5.47. The van der Waals surface area contributed by atoms with Crippen molar-refractivity contribution in [3.05, 3.63) is 29.8 Å². The summed E-state index contributed by atoms with van der Waals surface area (Å²) >= 11 is 0. The van der Waals surface area contributed by atoms with E-state index in [0.717, 1.165) is 17.7 Å². The van der Waals surface area contributed by atoms with E-state index in [0.29, 0.717) is 18.7 Å². The molecule has 1 aliphatic rings. The topological polar surface area (TPSA) is 68.1 Å². The molecule has 0 aromatic heterocycles. The Morgan fingerprint density at radius 3 is 2.78 bits per heavy atom. The van der Waals surface area contributed by atoms with Crippen LogP contribution in [-0.2, 0) is 9.63 Å². The summed E-state index contributed by atoms with van der Waals surface area (Å²) in [4.78, 5) is 15.6. The average molecular weight is 249 g/mol. The third-order valence-corrected chi connectivity index (χ3v) is 2.60. The molecule has 0 saturated carbocycles. The van der Waals surface area contributed by atoms with Crippen LogP contribution in [0.4, 0.5) is 0 Å². The summed E-state index contributed by atoms with van der Waals surface area (Å²) in [5.41, 5.74) is 1.52. The van der Waals surface area contributed by atoms with Gasteiger partial charge in [0.25, 0.3) is 0 Å². The van der Waals surface area contributed by atoms with Gasteiger partial charge in [0.1, 0.15) is 5.75 Å². The van der Waals surface area contributed by atoms with E-state index in [1.54, 1.807) is 0 Å². The number of carboxylic acids is 1. The van der Waals surface area contributed by atoms with Crippen molar-refractivity contribution in [2.75, 3.05) is 6.61 Å². The molecule has 1 aromatic carbocycles. The first kappa shape index (κ1) is 12.4. The number of rotatable bonds is 5. The van der Waals surface area contributed by atoms with Crippen LogP contribution in [0.15, 0.2) is 29.4 Å². The zero-order valence-electron chi connectivity index (χ0n) is 10.1. The van der Waals surface area contributed by atoms with Crippen LogP contribution in [0, 0.1) is 0 Å². The highest BCUT2D eigenvalue weighted by molar-refractivity contribution is 6.03. The molecule has 1 N–H and O–H groups in total. The second-order valence-corrected chi connectivity index (χ2v) is 4.05. The summed E-state index contributed by atoms with van der Waals surface area (Å²) in [5.74, 6) is -0.188. The zero-order chi connectivity index (χ0) is 13.0. The maximum atomic E-state index is 10.7. The Morgan fingerprint density at radius 1 is 1.50 bits per heavy atom. The number of carbonyl (C=O) groups is 1. The van der Waals surface area contributed by atoms with E-state index < -0.39 is 12.1 Å². The van der Waals surface area contributed by atoms with Gasteiger partial charge in [-0.15, -0.1) is 0 Å². The van der Waals surface area contributed by atoms with Gasteiger partial charge in [-0.3, -0.25) is 0 Å². The van der Waals surface area contributed by atoms with Crippen molar-refractivity contribution in [2.24, 2.45) is 5.16 Å². The fourth-order valence-corrected chi connectivity index (χ4v) is 1.64. The number of aliphatic carboxylic acids is 1. The third kappa shape index (κ3) is 2.80. The lowest BCUT2D eigenvalue weighted by Crippen LogP contribution is -2.19. The first-order valence-corrected chi connectivity index (χ1v) is 5.89. The monoisotopic (exact) mass is 249 g/mol. The third-order valence-electron chi connectivity index (χ3n) is 2.60. The Hall–Kier alpha value is -2.04. The molecular formula is C13H15NO4. The first-order valence-electron chi connectivity index (χ1n) is 5.89. The summed E-state index contributed by atoms with van der Waals surface area (Å²) in [5, 5.41) is 12.6. The van der Waals surface area contributed by atoms with Crippen LogP contribution in [0.1, 0.15) is 25.3 Å². The van der Waals surface area contributed by atoms with E-state index in [4.69, 9.17) is 14.7 Å². The smallest absolute Gasteiger partial charge is 0.348 e. The summed E-state index contributed by atoms with van der Waals surface area (Å²) in [6.45, 7) is 2.73. The highest BCUT2D eigenvalue weighted by atomic mass is 16.7. The maximum absolute atomic E-state index is 10.7. The van der Waals surface area contributed by atoms with Crippen LogP contribution < -0.4 is 4.74 Å². The second-order valence-electron chi connectivity index (χ2n) is 4.05. The summed E-state index contributed by atoms with van der Waals surface area (Å²) in [6.07, 6.45) is 0.392. The molecule has 1 aromatic rings. The molecule has 0 radical (unpaired) electrons. The van der Waals surface area contributed by atoms with Crippen LogP contribution in [0.3, 0.4) is 0 Å². The Morgan fingerprint density at radius 2 is 2.22 bits per heavy atom. The number of benzene rings is 1. The van der Waals surface area contributed by atoms with Gasteiger partial charge >= 0.3 is 5.97 Å². The van der Waals surface area contributed by atoms with Crippen LogP contribution in [-0.4, -0.2) is 29.5 Å². The Balaban J connectivity index is 2.00. The van der Waals surface area contributed by atoms with Gasteiger partial charge in [-0.1, -0.05) is 12.1 Å². The molecule has 0 saturated heterocycles. The predicted molar refractivity (Wildman–Crippen MR) is 65.9 cm³/mol. The predicted octanol–water partition coefficient (Wildman–Crippen LogP) is 2.05. The molecule has 18 heavy (non-hydrogen) atoms. The van der Waals surface area contributed by atoms with E-state index in [1.165, 1.54) is 0 Å². The molecule has 5 heteroatoms. The number of oxime groups is 1. The van der Waals surface area contributed by atoms with Gasteiger partial charge in [0.05, 0.1) is 12.3 Å². The molecule has 1 atom stereocenters. The van der Waals surface area contributed by atoms with Gasteiger partial charge < -0.3 is 14.7 Å². The Kier molecular flexibility index (Phi) is 3.82. The van der Waals surface area contributed by atoms with E-state index in [9.17, 15) is 4.79 Å². The average Bonchev–Trinajstić information content (AvgIpc) is 2.87. The molecule has 0 bridgehead atoms. The molecule has 0 spiro atoms. The van der Waals surface area contributed by atoms with Crippen molar-refractivity contribution in [3.63, 3.8) is 0 Å². The molecule has 5 nitrogen and oxygen atoms in total. The minimum Gasteiger partial charge on any atom is -0.494 e. The van der Waals surface area contributed by atoms with Crippen molar-refractivity contribution in [1.29, 1.82) is 0 Å². The summed E-state index contributed by atoms with van der Waals surface area (Å²) in [7, 11) is 0. The molecule has 1 aliphatic heterocycles. The molecule has 96 valence electrons. The van der Waals surface area contributed by atoms with Gasteiger partial charge in [-0.05, 0) is 36.2 Å². The fourth-order valence-electron chi connectivity index (χ4n) is 1.64. The summed E-state index contributed by atoms with van der Waals surface area (Å²) in [6, 6.07) is 7.41. The van der Waals surface area contributed by atoms with Crippen molar-refractivity contribution in [2.45, 2.75) is 25.9 Å². The zero-order valence-corrected chi connectivity index (χ0v) is 10.1. The van der Waals surface area contributed by atoms with Crippen molar-refractivity contribution in [1.82, 2.24) is 0 Å². The van der Waals surface area contributed by atoms with Crippen LogP contribution in [0.5, 0.6) is 5.75 Å². The van der Waals surface area contributed by atoms with Crippen LogP contribution >= 0.6 is 0 Å². The van der Waals surface area contributed by atoms with Gasteiger partial charge in [-0.2, -0.15) is 0 Å². The molecule has 0 fully saturated rings. The SMILES string of the molecule is CCCOc1ccc(C2=NOC(C(=O)O)C2)cc1. The highest BCUT2D eigenvalue weighted by Crippen LogP contribution is 2.19. The number of hydrogen-bond donors (Lipinski definition) is 1. The second kappa shape index (κ2) is 5.53. The van der Waals surface area contributed by atoms with Gasteiger partial charge in [0, 0.05) is 6.42 Å². The number of carboxylic acid groups (broad SMARTS) is 1. The van der Waals surface area contributed by atoms with E-state index in [2.05, 4.69) is 5.16 Å². The number of hydrogen-bond acceptors (Lipinski definition) is 4. The Labute approximate surface area is 105 Å². The lowest BCUT2D eigenvalue weighted by atomic mass is 10.1. The minimum absolute atomic E-state index is 0.296. The molecule has 1 unspecified atom stereocenters. The molecule has 1 heterocycles. The number of ether oxygens (including phenoxy) is 1. The molecule has 0 amide bonds. The minimum atomic E-state index is -0.989. The van der Waals surface area contributed by atoms with Crippen molar-refractivity contribution in [3.8, 4) is 5.75 Å². The standard InChI is InChI=1S/C13H15NO4/c1-2-7-17-10-5-3-9(4-6-10)11-8-12(13(15)16)18-14-11/h3-6,12H,2,7-8H2,1H3,(H,15,16). The van der Waals surface area contributed by atoms with Crippen LogP contribution in [0.25, 0.3) is 0 Å². The van der Waals surface area contributed by atoms with Gasteiger partial charge in [-0.25, -0.2) is 4.79 Å². The normalized spacial score (nSPS) is 18.1. The number of nitrogens with zero attached hydrogens (tertiary/aromatic N) is 1. The molecule has 2 rings (SSSR count). The van der Waals surface area contributed by atoms with Crippen LogP contribution in [0.2, 0.25) is 0 Å². The van der Waals surface area contributed by atoms with E-state index in [1.807, 2.05) is 31.2 Å².